The van der Waals surface area contributed by atoms with Gasteiger partial charge in [0.1, 0.15) is 0 Å². The van der Waals surface area contributed by atoms with Crippen LogP contribution in [0.2, 0.25) is 0 Å². The quantitative estimate of drug-likeness (QED) is 0.524. The van der Waals surface area contributed by atoms with E-state index in [2.05, 4.69) is 26.8 Å². The molecule has 0 heterocycles. The van der Waals surface area contributed by atoms with Gasteiger partial charge in [-0.05, 0) is 25.2 Å². The van der Waals surface area contributed by atoms with Crippen molar-refractivity contribution in [2.24, 2.45) is 17.3 Å². The van der Waals surface area contributed by atoms with E-state index in [0.29, 0.717) is 11.8 Å². The molecule has 0 aromatic carbocycles. The summed E-state index contributed by atoms with van der Waals surface area (Å²) < 4.78 is 0. The predicted molar refractivity (Wildman–Crippen MR) is 36.7 cm³/mol. The highest BCUT2D eigenvalue weighted by Crippen LogP contribution is 2.55. The van der Waals surface area contributed by atoms with E-state index in [4.69, 9.17) is 5.26 Å². The Morgan fingerprint density at radius 2 is 2.22 bits per heavy atom. The first-order chi connectivity index (χ1) is 4.10. The summed E-state index contributed by atoms with van der Waals surface area (Å²) in [5.41, 5.74) is 0.0359. The zero-order valence-corrected chi connectivity index (χ0v) is 6.31. The van der Waals surface area contributed by atoms with Gasteiger partial charge in [-0.25, -0.2) is 0 Å². The fourth-order valence-electron chi connectivity index (χ4n) is 1.50. The van der Waals surface area contributed by atoms with Crippen LogP contribution in [0.1, 0.15) is 27.2 Å². The molecule has 0 bridgehead atoms. The summed E-state index contributed by atoms with van der Waals surface area (Å²) >= 11 is 0. The molecule has 1 nitrogen and oxygen atoms in total. The lowest BCUT2D eigenvalue weighted by Gasteiger charge is -2.02. The smallest absolute Gasteiger partial charge is 0.0689 e. The van der Waals surface area contributed by atoms with Gasteiger partial charge in [-0.3, -0.25) is 0 Å². The van der Waals surface area contributed by atoms with Gasteiger partial charge < -0.3 is 0 Å². The first kappa shape index (κ1) is 6.61. The van der Waals surface area contributed by atoms with Crippen molar-refractivity contribution in [1.29, 1.82) is 5.26 Å². The Hall–Kier alpha value is -0.510. The van der Waals surface area contributed by atoms with Gasteiger partial charge in [0.25, 0.3) is 0 Å². The molecule has 0 aromatic rings. The Morgan fingerprint density at radius 1 is 1.67 bits per heavy atom. The minimum absolute atomic E-state index is 0.0359. The van der Waals surface area contributed by atoms with E-state index >= 15 is 0 Å². The van der Waals surface area contributed by atoms with Gasteiger partial charge in [0.05, 0.1) is 11.5 Å². The second-order valence-corrected chi connectivity index (χ2v) is 3.58. The molecule has 1 heteroatoms. The van der Waals surface area contributed by atoms with Crippen LogP contribution in [0.15, 0.2) is 0 Å². The van der Waals surface area contributed by atoms with Crippen molar-refractivity contribution >= 4 is 0 Å². The molecule has 1 fully saturated rings. The van der Waals surface area contributed by atoms with E-state index in [0.717, 1.165) is 6.42 Å². The van der Waals surface area contributed by atoms with Crippen molar-refractivity contribution in [3.8, 4) is 6.07 Å². The Morgan fingerprint density at radius 3 is 2.33 bits per heavy atom. The zero-order valence-electron chi connectivity index (χ0n) is 6.31. The molecule has 0 aromatic heterocycles. The fraction of sp³-hybridized carbons (Fsp3) is 0.875. The third-order valence-corrected chi connectivity index (χ3v) is 2.36. The van der Waals surface area contributed by atoms with E-state index in [9.17, 15) is 0 Å². The predicted octanol–water partition coefficient (Wildman–Crippen LogP) is 2.19. The largest absolute Gasteiger partial charge is 0.198 e. The molecular weight excluding hydrogens is 110 g/mol. The van der Waals surface area contributed by atoms with E-state index in [1.807, 2.05) is 0 Å². The third-order valence-electron chi connectivity index (χ3n) is 2.36. The average Bonchev–Trinajstić information content (AvgIpc) is 2.44. The van der Waals surface area contributed by atoms with Crippen molar-refractivity contribution in [2.45, 2.75) is 27.2 Å². The van der Waals surface area contributed by atoms with Crippen molar-refractivity contribution < 1.29 is 0 Å². The maximum absolute atomic E-state index is 8.63. The van der Waals surface area contributed by atoms with Crippen LogP contribution in [0.5, 0.6) is 0 Å². The van der Waals surface area contributed by atoms with Crippen molar-refractivity contribution in [2.75, 3.05) is 0 Å². The highest BCUT2D eigenvalue weighted by atomic mass is 14.6. The Bertz CT molecular complexity index is 154. The molecular formula is C8H13N. The van der Waals surface area contributed by atoms with Gasteiger partial charge in [-0.15, -0.1) is 0 Å². The molecule has 0 saturated heterocycles. The molecule has 2 atom stereocenters. The maximum atomic E-state index is 8.63. The van der Waals surface area contributed by atoms with Gasteiger partial charge in [0, 0.05) is 0 Å². The lowest BCUT2D eigenvalue weighted by Crippen LogP contribution is -1.99. The third kappa shape index (κ3) is 0.941. The van der Waals surface area contributed by atoms with Crippen LogP contribution in [-0.2, 0) is 0 Å². The SMILES string of the molecule is CC(C)C1CC1(C)C#N. The number of hydrogen-bond donors (Lipinski definition) is 0. The summed E-state index contributed by atoms with van der Waals surface area (Å²) in [5.74, 6) is 1.36. The van der Waals surface area contributed by atoms with Crippen LogP contribution in [0.4, 0.5) is 0 Å². The second-order valence-electron chi connectivity index (χ2n) is 3.58. The molecule has 9 heavy (non-hydrogen) atoms. The molecule has 50 valence electrons. The fourth-order valence-corrected chi connectivity index (χ4v) is 1.50. The Kier molecular flexibility index (Phi) is 1.27. The van der Waals surface area contributed by atoms with Gasteiger partial charge in [-0.1, -0.05) is 13.8 Å². The molecule has 1 aliphatic rings. The van der Waals surface area contributed by atoms with E-state index in [1.165, 1.54) is 0 Å². The molecule has 1 saturated carbocycles. The number of rotatable bonds is 1. The minimum Gasteiger partial charge on any atom is -0.198 e. The second kappa shape index (κ2) is 1.73. The lowest BCUT2D eigenvalue weighted by atomic mass is 10.0. The number of nitriles is 1. The van der Waals surface area contributed by atoms with Crippen molar-refractivity contribution in [3.63, 3.8) is 0 Å². The van der Waals surface area contributed by atoms with Crippen LogP contribution >= 0.6 is 0 Å². The summed E-state index contributed by atoms with van der Waals surface area (Å²) in [6.07, 6.45) is 1.11. The molecule has 0 spiro atoms. The topological polar surface area (TPSA) is 23.8 Å². The molecule has 0 aliphatic heterocycles. The minimum atomic E-state index is 0.0359. The molecule has 0 radical (unpaired) electrons. The number of hydrogen-bond acceptors (Lipinski definition) is 1. The Balaban J connectivity index is 2.51. The van der Waals surface area contributed by atoms with Crippen molar-refractivity contribution in [3.05, 3.63) is 0 Å². The van der Waals surface area contributed by atoms with Crippen LogP contribution < -0.4 is 0 Å². The molecule has 0 amide bonds. The summed E-state index contributed by atoms with van der Waals surface area (Å²) in [5, 5.41) is 8.63. The summed E-state index contributed by atoms with van der Waals surface area (Å²) in [4.78, 5) is 0. The lowest BCUT2D eigenvalue weighted by molar-refractivity contribution is 0.489. The van der Waals surface area contributed by atoms with E-state index in [-0.39, 0.29) is 5.41 Å². The summed E-state index contributed by atoms with van der Waals surface area (Å²) in [7, 11) is 0. The number of nitrogens with zero attached hydrogens (tertiary/aromatic N) is 1. The van der Waals surface area contributed by atoms with Crippen LogP contribution in [-0.4, -0.2) is 0 Å². The van der Waals surface area contributed by atoms with E-state index < -0.39 is 0 Å². The zero-order chi connectivity index (χ0) is 7.07. The average molecular weight is 123 g/mol. The summed E-state index contributed by atoms with van der Waals surface area (Å²) in [6.45, 7) is 6.43. The summed E-state index contributed by atoms with van der Waals surface area (Å²) in [6, 6.07) is 2.35. The van der Waals surface area contributed by atoms with Crippen LogP contribution in [0, 0.1) is 28.6 Å². The van der Waals surface area contributed by atoms with E-state index in [1.54, 1.807) is 0 Å². The molecule has 2 unspecified atom stereocenters. The molecule has 1 rings (SSSR count). The van der Waals surface area contributed by atoms with Gasteiger partial charge >= 0.3 is 0 Å². The van der Waals surface area contributed by atoms with Crippen molar-refractivity contribution in [1.82, 2.24) is 0 Å². The van der Waals surface area contributed by atoms with Gasteiger partial charge in [-0.2, -0.15) is 5.26 Å². The maximum Gasteiger partial charge on any atom is 0.0689 e. The highest BCUT2D eigenvalue weighted by Gasteiger charge is 2.51. The van der Waals surface area contributed by atoms with Crippen LogP contribution in [0.3, 0.4) is 0 Å². The Labute approximate surface area is 56.7 Å². The van der Waals surface area contributed by atoms with Gasteiger partial charge in [0.2, 0.25) is 0 Å². The normalized spacial score (nSPS) is 40.6. The monoisotopic (exact) mass is 123 g/mol. The van der Waals surface area contributed by atoms with Crippen LogP contribution in [0.25, 0.3) is 0 Å². The van der Waals surface area contributed by atoms with Gasteiger partial charge in [0.15, 0.2) is 0 Å². The molecule has 1 aliphatic carbocycles. The first-order valence-electron chi connectivity index (χ1n) is 3.51. The highest BCUT2D eigenvalue weighted by molar-refractivity contribution is 5.13. The standard InChI is InChI=1S/C8H13N/c1-6(2)7-4-8(7,3)5-9/h6-7H,4H2,1-3H3. The molecule has 0 N–H and O–H groups in total. The first-order valence-corrected chi connectivity index (χ1v) is 3.51.